The van der Waals surface area contributed by atoms with Gasteiger partial charge in [-0.15, -0.1) is 0 Å². The maximum atomic E-state index is 13.3. The Kier molecular flexibility index (Phi) is 4.52. The van der Waals surface area contributed by atoms with Crippen LogP contribution in [-0.4, -0.2) is 17.6 Å². The summed E-state index contributed by atoms with van der Waals surface area (Å²) in [6.45, 7) is 1.40. The molecule has 2 N–H and O–H groups in total. The van der Waals surface area contributed by atoms with Crippen LogP contribution in [0, 0.1) is 5.82 Å². The van der Waals surface area contributed by atoms with Gasteiger partial charge in [-0.25, -0.2) is 9.18 Å². The average molecular weight is 277 g/mol. The Bertz CT molecular complexity index is 509. The molecule has 0 spiro atoms. The van der Waals surface area contributed by atoms with Crippen molar-refractivity contribution in [3.05, 3.63) is 41.2 Å². The first kappa shape index (κ1) is 15.0. The van der Waals surface area contributed by atoms with Crippen molar-refractivity contribution >= 4 is 11.7 Å². The number of alkyl halides is 3. The van der Waals surface area contributed by atoms with Gasteiger partial charge in [0.05, 0.1) is 11.3 Å². The van der Waals surface area contributed by atoms with Crippen molar-refractivity contribution in [2.24, 2.45) is 0 Å². The van der Waals surface area contributed by atoms with E-state index in [1.165, 1.54) is 6.92 Å². The zero-order chi connectivity index (χ0) is 14.6. The molecule has 0 heterocycles. The standard InChI is InChI=1S/C12H11F4NO2/c1-7(4-11(18)19)6-17-10-5-8(12(14,15)16)2-3-9(10)13/h2-5,17H,6H2,1H3,(H,18,19)/b7-4-. The molecule has 0 amide bonds. The lowest BCUT2D eigenvalue weighted by Crippen LogP contribution is -2.09. The molecule has 0 saturated carbocycles. The molecule has 1 rings (SSSR count). The van der Waals surface area contributed by atoms with Crippen LogP contribution in [0.2, 0.25) is 0 Å². The topological polar surface area (TPSA) is 49.3 Å². The van der Waals surface area contributed by atoms with Gasteiger partial charge in [0.1, 0.15) is 5.82 Å². The summed E-state index contributed by atoms with van der Waals surface area (Å²) < 4.78 is 50.6. The Morgan fingerprint density at radius 1 is 1.42 bits per heavy atom. The number of halogens is 4. The molecule has 0 aromatic heterocycles. The monoisotopic (exact) mass is 277 g/mol. The Labute approximate surface area is 106 Å². The Hall–Kier alpha value is -2.05. The second kappa shape index (κ2) is 5.73. The molecule has 0 atom stereocenters. The Morgan fingerprint density at radius 2 is 2.05 bits per heavy atom. The summed E-state index contributed by atoms with van der Waals surface area (Å²) >= 11 is 0. The van der Waals surface area contributed by atoms with Crippen molar-refractivity contribution in [1.29, 1.82) is 0 Å². The molecule has 0 aliphatic heterocycles. The number of carbonyl (C=O) groups is 1. The minimum Gasteiger partial charge on any atom is -0.478 e. The smallest absolute Gasteiger partial charge is 0.416 e. The highest BCUT2D eigenvalue weighted by Crippen LogP contribution is 2.31. The number of carboxylic acid groups (broad SMARTS) is 1. The van der Waals surface area contributed by atoms with E-state index in [0.29, 0.717) is 23.8 Å². The zero-order valence-electron chi connectivity index (χ0n) is 9.88. The first-order chi connectivity index (χ1) is 8.70. The van der Waals surface area contributed by atoms with Crippen LogP contribution < -0.4 is 5.32 Å². The Morgan fingerprint density at radius 3 is 2.58 bits per heavy atom. The summed E-state index contributed by atoms with van der Waals surface area (Å²) in [6, 6.07) is 1.99. The average Bonchev–Trinajstić information content (AvgIpc) is 2.25. The minimum absolute atomic E-state index is 0.0649. The highest BCUT2D eigenvalue weighted by molar-refractivity contribution is 5.80. The van der Waals surface area contributed by atoms with E-state index in [1.54, 1.807) is 0 Å². The molecular weight excluding hydrogens is 266 g/mol. The summed E-state index contributed by atoms with van der Waals surface area (Å²) in [7, 11) is 0. The van der Waals surface area contributed by atoms with Crippen molar-refractivity contribution in [2.45, 2.75) is 13.1 Å². The van der Waals surface area contributed by atoms with E-state index < -0.39 is 23.5 Å². The number of nitrogens with one attached hydrogen (secondary N) is 1. The fraction of sp³-hybridized carbons (Fsp3) is 0.250. The molecular formula is C12H11F4NO2. The van der Waals surface area contributed by atoms with Gasteiger partial charge in [-0.2, -0.15) is 13.2 Å². The van der Waals surface area contributed by atoms with Gasteiger partial charge >= 0.3 is 12.1 Å². The summed E-state index contributed by atoms with van der Waals surface area (Å²) in [5.41, 5.74) is -0.950. The van der Waals surface area contributed by atoms with Gasteiger partial charge in [0.25, 0.3) is 0 Å². The molecule has 0 aliphatic carbocycles. The molecule has 7 heteroatoms. The van der Waals surface area contributed by atoms with Gasteiger partial charge < -0.3 is 10.4 Å². The van der Waals surface area contributed by atoms with Crippen molar-refractivity contribution in [3.63, 3.8) is 0 Å². The summed E-state index contributed by atoms with van der Waals surface area (Å²) in [6.07, 6.45) is -3.67. The molecule has 0 saturated heterocycles. The van der Waals surface area contributed by atoms with Crippen molar-refractivity contribution in [3.8, 4) is 0 Å². The van der Waals surface area contributed by atoms with Crippen LogP contribution in [0.15, 0.2) is 29.8 Å². The van der Waals surface area contributed by atoms with Crippen LogP contribution in [0.1, 0.15) is 12.5 Å². The first-order valence-corrected chi connectivity index (χ1v) is 5.21. The molecule has 1 aromatic carbocycles. The van der Waals surface area contributed by atoms with Crippen LogP contribution in [0.5, 0.6) is 0 Å². The molecule has 0 fully saturated rings. The molecule has 19 heavy (non-hydrogen) atoms. The van der Waals surface area contributed by atoms with Crippen molar-refractivity contribution in [2.75, 3.05) is 11.9 Å². The zero-order valence-corrected chi connectivity index (χ0v) is 9.88. The molecule has 0 radical (unpaired) electrons. The predicted octanol–water partition coefficient (Wildman–Crippen LogP) is 3.29. The molecule has 0 aliphatic rings. The summed E-state index contributed by atoms with van der Waals surface area (Å²) in [5, 5.41) is 10.9. The first-order valence-electron chi connectivity index (χ1n) is 5.21. The van der Waals surface area contributed by atoms with Crippen molar-refractivity contribution in [1.82, 2.24) is 0 Å². The number of aliphatic carboxylic acids is 1. The predicted molar refractivity (Wildman–Crippen MR) is 61.3 cm³/mol. The van der Waals surface area contributed by atoms with Crippen LogP contribution in [-0.2, 0) is 11.0 Å². The number of hydrogen-bond donors (Lipinski definition) is 2. The maximum absolute atomic E-state index is 13.3. The third-order valence-corrected chi connectivity index (χ3v) is 2.22. The van der Waals surface area contributed by atoms with E-state index in [4.69, 9.17) is 5.11 Å². The summed E-state index contributed by atoms with van der Waals surface area (Å²) in [5.74, 6) is -2.01. The summed E-state index contributed by atoms with van der Waals surface area (Å²) in [4.78, 5) is 10.3. The highest BCUT2D eigenvalue weighted by Gasteiger charge is 2.31. The number of carboxylic acids is 1. The SMILES string of the molecule is C/C(=C/C(=O)O)CNc1cc(C(F)(F)F)ccc1F. The quantitative estimate of drug-likeness (QED) is 0.656. The lowest BCUT2D eigenvalue weighted by Gasteiger charge is -2.11. The lowest BCUT2D eigenvalue weighted by molar-refractivity contribution is -0.137. The minimum atomic E-state index is -4.56. The van der Waals surface area contributed by atoms with Gasteiger partial charge in [0.15, 0.2) is 0 Å². The van der Waals surface area contributed by atoms with Crippen LogP contribution in [0.25, 0.3) is 0 Å². The second-order valence-electron chi connectivity index (χ2n) is 3.87. The van der Waals surface area contributed by atoms with Gasteiger partial charge in [0, 0.05) is 12.6 Å². The van der Waals surface area contributed by atoms with E-state index in [9.17, 15) is 22.4 Å². The van der Waals surface area contributed by atoms with E-state index >= 15 is 0 Å². The molecule has 104 valence electrons. The number of anilines is 1. The number of benzene rings is 1. The highest BCUT2D eigenvalue weighted by atomic mass is 19.4. The number of hydrogen-bond acceptors (Lipinski definition) is 2. The number of rotatable bonds is 4. The fourth-order valence-corrected chi connectivity index (χ4v) is 1.33. The molecule has 1 aromatic rings. The van der Waals surface area contributed by atoms with Crippen molar-refractivity contribution < 1.29 is 27.5 Å². The van der Waals surface area contributed by atoms with Gasteiger partial charge in [0.2, 0.25) is 0 Å². The largest absolute Gasteiger partial charge is 0.478 e. The van der Waals surface area contributed by atoms with E-state index in [0.717, 1.165) is 6.08 Å². The third kappa shape index (κ3) is 4.61. The molecule has 3 nitrogen and oxygen atoms in total. The molecule has 0 bridgehead atoms. The van der Waals surface area contributed by atoms with E-state index in [-0.39, 0.29) is 12.2 Å². The molecule has 0 unspecified atom stereocenters. The second-order valence-corrected chi connectivity index (χ2v) is 3.87. The van der Waals surface area contributed by atoms with Gasteiger partial charge in [-0.3, -0.25) is 0 Å². The lowest BCUT2D eigenvalue weighted by atomic mass is 10.1. The Balaban J connectivity index is 2.87. The van der Waals surface area contributed by atoms with E-state index in [2.05, 4.69) is 5.32 Å². The maximum Gasteiger partial charge on any atom is 0.416 e. The van der Waals surface area contributed by atoms with Crippen LogP contribution in [0.4, 0.5) is 23.2 Å². The van der Waals surface area contributed by atoms with E-state index in [1.807, 2.05) is 0 Å². The normalized spacial score (nSPS) is 12.4. The third-order valence-electron chi connectivity index (χ3n) is 2.22. The van der Waals surface area contributed by atoms with Gasteiger partial charge in [-0.1, -0.05) is 0 Å². The van der Waals surface area contributed by atoms with Crippen LogP contribution >= 0.6 is 0 Å². The fourth-order valence-electron chi connectivity index (χ4n) is 1.33. The van der Waals surface area contributed by atoms with Gasteiger partial charge in [-0.05, 0) is 30.7 Å². The van der Waals surface area contributed by atoms with Crippen LogP contribution in [0.3, 0.4) is 0 Å².